The van der Waals surface area contributed by atoms with Gasteiger partial charge in [-0.25, -0.2) is 19.7 Å². The molecule has 1 aliphatic heterocycles. The molecular weight excluding hydrogens is 558 g/mol. The van der Waals surface area contributed by atoms with Gasteiger partial charge in [-0.1, -0.05) is 30.3 Å². The normalized spacial score (nSPS) is 16.3. The third-order valence-corrected chi connectivity index (χ3v) is 8.03. The smallest absolute Gasteiger partial charge is 0.405 e. The maximum atomic E-state index is 13.9. The Morgan fingerprint density at radius 2 is 1.93 bits per heavy atom. The molecule has 5 heterocycles. The van der Waals surface area contributed by atoms with Crippen molar-refractivity contribution in [3.63, 3.8) is 0 Å². The topological polar surface area (TPSA) is 163 Å². The van der Waals surface area contributed by atoms with Crippen LogP contribution in [0, 0.1) is 6.92 Å². The number of oxazole rings is 1. The Morgan fingerprint density at radius 1 is 1.14 bits per heavy atom. The van der Waals surface area contributed by atoms with Crippen LogP contribution < -0.4 is 5.73 Å². The van der Waals surface area contributed by atoms with Gasteiger partial charge >= 0.3 is 6.09 Å². The number of benzene rings is 1. The number of rotatable bonds is 8. The molecule has 1 fully saturated rings. The summed E-state index contributed by atoms with van der Waals surface area (Å²) < 4.78 is 17.0. The Labute approximate surface area is 244 Å². The number of carbonyl (C=O) groups is 2. The van der Waals surface area contributed by atoms with E-state index in [1.165, 1.54) is 12.5 Å². The summed E-state index contributed by atoms with van der Waals surface area (Å²) in [6.07, 6.45) is 3.86. The summed E-state index contributed by atoms with van der Waals surface area (Å²) in [6.45, 7) is 4.18. The predicted molar refractivity (Wildman–Crippen MR) is 151 cm³/mol. The summed E-state index contributed by atoms with van der Waals surface area (Å²) in [7, 11) is 0. The van der Waals surface area contributed by atoms with Gasteiger partial charge in [-0.3, -0.25) is 4.79 Å². The maximum absolute atomic E-state index is 13.9. The van der Waals surface area contributed by atoms with E-state index in [2.05, 4.69) is 25.1 Å². The molecule has 12 nitrogen and oxygen atoms in total. The molecular formula is C29H27N7O5S. The Balaban J connectivity index is 1.37. The Hall–Kier alpha value is -4.91. The van der Waals surface area contributed by atoms with Crippen LogP contribution in [0.2, 0.25) is 0 Å². The summed E-state index contributed by atoms with van der Waals surface area (Å²) in [5.41, 5.74) is 6.75. The molecule has 1 saturated heterocycles. The van der Waals surface area contributed by atoms with Gasteiger partial charge in [0.2, 0.25) is 5.89 Å². The van der Waals surface area contributed by atoms with E-state index >= 15 is 0 Å². The lowest BCUT2D eigenvalue weighted by Crippen LogP contribution is -2.34. The van der Waals surface area contributed by atoms with E-state index in [4.69, 9.17) is 19.3 Å². The molecule has 2 atom stereocenters. The van der Waals surface area contributed by atoms with Gasteiger partial charge in [0, 0.05) is 29.6 Å². The number of carbonyl (C=O) groups excluding carboxylic acids is 2. The largest absolute Gasteiger partial charge is 0.443 e. The first-order valence-electron chi connectivity index (χ1n) is 13.3. The molecule has 0 radical (unpaired) electrons. The van der Waals surface area contributed by atoms with Gasteiger partial charge in [0.25, 0.3) is 17.7 Å². The first-order valence-corrected chi connectivity index (χ1v) is 14.2. The molecule has 2 N–H and O–H groups in total. The van der Waals surface area contributed by atoms with Gasteiger partial charge in [-0.05, 0) is 44.4 Å². The monoisotopic (exact) mass is 585 g/mol. The van der Waals surface area contributed by atoms with Crippen LogP contribution in [-0.2, 0) is 16.8 Å². The lowest BCUT2D eigenvalue weighted by Gasteiger charge is -2.25. The maximum Gasteiger partial charge on any atom is 0.405 e. The van der Waals surface area contributed by atoms with E-state index in [0.717, 1.165) is 29.1 Å². The first-order chi connectivity index (χ1) is 20.3. The average Bonchev–Trinajstić information content (AvgIpc) is 3.79. The third-order valence-electron chi connectivity index (χ3n) is 6.97. The van der Waals surface area contributed by atoms with E-state index in [0.29, 0.717) is 17.8 Å². The van der Waals surface area contributed by atoms with Gasteiger partial charge in [0.05, 0.1) is 12.2 Å². The highest BCUT2D eigenvalue weighted by Crippen LogP contribution is 2.36. The molecule has 0 unspecified atom stereocenters. The fourth-order valence-electron chi connectivity index (χ4n) is 5.08. The van der Waals surface area contributed by atoms with E-state index in [1.807, 2.05) is 47.5 Å². The minimum atomic E-state index is -1.36. The quantitative estimate of drug-likeness (QED) is 0.260. The molecule has 5 aromatic rings. The van der Waals surface area contributed by atoms with E-state index in [1.54, 1.807) is 30.4 Å². The highest BCUT2D eigenvalue weighted by Gasteiger charge is 2.38. The molecule has 0 saturated carbocycles. The second kappa shape index (κ2) is 11.2. The van der Waals surface area contributed by atoms with Crippen molar-refractivity contribution in [2.75, 3.05) is 6.54 Å². The lowest BCUT2D eigenvalue weighted by atomic mass is 9.96. The molecule has 13 heteroatoms. The van der Waals surface area contributed by atoms with E-state index in [9.17, 15) is 9.59 Å². The van der Waals surface area contributed by atoms with Crippen LogP contribution in [0.5, 0.6) is 0 Å². The molecule has 0 bridgehead atoms. The van der Waals surface area contributed by atoms with Gasteiger partial charge < -0.3 is 24.2 Å². The standard InChI is InChI=1S/C29H27N7O5S/c1-17-16-42-25(32-17)22-9-6-11-36(22)26(37)19-13-20(23-31-10-12-39-23)33-21(14-19)24-34-35-27(40-24)29(2,41-28(30)38)15-18-7-4-3-5-8-18/h3-5,7-8,10,12-14,16,22H,6,9,11,15H2,1-2H3,(H2,30,38)/t22-,29-/m1/s1. The molecule has 6 rings (SSSR count). The van der Waals surface area contributed by atoms with Crippen LogP contribution in [-0.4, -0.2) is 48.6 Å². The average molecular weight is 586 g/mol. The second-order valence-corrected chi connectivity index (χ2v) is 11.1. The minimum Gasteiger partial charge on any atom is -0.443 e. The first kappa shape index (κ1) is 27.3. The fourth-order valence-corrected chi connectivity index (χ4v) is 6.03. The summed E-state index contributed by atoms with van der Waals surface area (Å²) in [5, 5.41) is 11.3. The number of nitrogens with zero attached hydrogens (tertiary/aromatic N) is 6. The number of aromatic nitrogens is 5. The van der Waals surface area contributed by atoms with Crippen molar-refractivity contribution in [1.29, 1.82) is 0 Å². The van der Waals surface area contributed by atoms with Gasteiger partial charge in [-0.2, -0.15) is 0 Å². The van der Waals surface area contributed by atoms with Crippen LogP contribution in [0.1, 0.15) is 58.3 Å². The number of ether oxygens (including phenoxy) is 1. The van der Waals surface area contributed by atoms with Crippen molar-refractivity contribution < 1.29 is 23.2 Å². The van der Waals surface area contributed by atoms with E-state index in [-0.39, 0.29) is 41.7 Å². The third kappa shape index (κ3) is 5.50. The number of nitrogens with two attached hydrogens (primary N) is 1. The Kier molecular flexibility index (Phi) is 7.25. The Bertz CT molecular complexity index is 1720. The van der Waals surface area contributed by atoms with Crippen LogP contribution in [0.25, 0.3) is 23.2 Å². The van der Waals surface area contributed by atoms with Crippen LogP contribution >= 0.6 is 11.3 Å². The molecule has 0 spiro atoms. The zero-order valence-electron chi connectivity index (χ0n) is 22.9. The van der Waals surface area contributed by atoms with E-state index < -0.39 is 11.7 Å². The SMILES string of the molecule is Cc1csc([C@H]2CCCN2C(=O)c2cc(-c3ncco3)nc(-c3nnc([C@@](C)(Cc4ccccc4)OC(N)=O)o3)c2)n1. The number of amides is 2. The molecule has 1 aliphatic rings. The molecule has 4 aromatic heterocycles. The number of pyridine rings is 1. The van der Waals surface area contributed by atoms with Crippen LogP contribution in [0.4, 0.5) is 4.79 Å². The van der Waals surface area contributed by atoms with Crippen molar-refractivity contribution in [3.05, 3.63) is 88.0 Å². The predicted octanol–water partition coefficient (Wildman–Crippen LogP) is 5.08. The highest BCUT2D eigenvalue weighted by atomic mass is 32.1. The molecule has 42 heavy (non-hydrogen) atoms. The summed E-state index contributed by atoms with van der Waals surface area (Å²) in [6, 6.07) is 12.5. The Morgan fingerprint density at radius 3 is 2.62 bits per heavy atom. The van der Waals surface area contributed by atoms with Crippen LogP contribution in [0.15, 0.2) is 69.1 Å². The van der Waals surface area contributed by atoms with Crippen molar-refractivity contribution in [2.24, 2.45) is 5.73 Å². The zero-order chi connectivity index (χ0) is 29.3. The molecule has 214 valence electrons. The lowest BCUT2D eigenvalue weighted by molar-refractivity contribution is 0.00732. The number of aryl methyl sites for hydroxylation is 1. The minimum absolute atomic E-state index is 0.0216. The highest BCUT2D eigenvalue weighted by molar-refractivity contribution is 7.09. The fraction of sp³-hybridized carbons (Fsp3) is 0.276. The molecule has 2 amide bonds. The second-order valence-electron chi connectivity index (χ2n) is 10.2. The number of thiazole rings is 1. The number of hydrogen-bond acceptors (Lipinski definition) is 11. The van der Waals surface area contributed by atoms with Crippen molar-refractivity contribution in [2.45, 2.75) is 44.8 Å². The van der Waals surface area contributed by atoms with Gasteiger partial charge in [0.1, 0.15) is 22.7 Å². The summed E-state index contributed by atoms with van der Waals surface area (Å²) in [4.78, 5) is 41.0. The van der Waals surface area contributed by atoms with Gasteiger partial charge in [-0.15, -0.1) is 21.5 Å². The molecule has 0 aliphatic carbocycles. The van der Waals surface area contributed by atoms with Crippen molar-refractivity contribution >= 4 is 23.3 Å². The number of primary amides is 1. The number of hydrogen-bond donors (Lipinski definition) is 1. The summed E-state index contributed by atoms with van der Waals surface area (Å²) >= 11 is 1.55. The van der Waals surface area contributed by atoms with Crippen LogP contribution in [0.3, 0.4) is 0 Å². The van der Waals surface area contributed by atoms with Crippen molar-refractivity contribution in [1.82, 2.24) is 30.0 Å². The zero-order valence-corrected chi connectivity index (χ0v) is 23.7. The van der Waals surface area contributed by atoms with Gasteiger partial charge in [0.15, 0.2) is 5.60 Å². The number of likely N-dealkylation sites (tertiary alicyclic amines) is 1. The summed E-state index contributed by atoms with van der Waals surface area (Å²) in [5.74, 6) is 0.0844. The van der Waals surface area contributed by atoms with Crippen molar-refractivity contribution in [3.8, 4) is 23.2 Å². The molecule has 1 aromatic carbocycles.